The van der Waals surface area contributed by atoms with Gasteiger partial charge in [0.25, 0.3) is 0 Å². The monoisotopic (exact) mass is 276 g/mol. The van der Waals surface area contributed by atoms with Gasteiger partial charge >= 0.3 is 0 Å². The summed E-state index contributed by atoms with van der Waals surface area (Å²) in [5.74, 6) is 0.709. The summed E-state index contributed by atoms with van der Waals surface area (Å²) in [6.07, 6.45) is 4.17. The van der Waals surface area contributed by atoms with Crippen LogP contribution >= 0.6 is 11.8 Å². The molecule has 1 atom stereocenters. The smallest absolute Gasteiger partial charge is 0.0675 e. The van der Waals surface area contributed by atoms with Crippen LogP contribution in [0.25, 0.3) is 0 Å². The minimum atomic E-state index is -0.333. The SMILES string of the molecule is CCn1cc(CC(O)CSc2cccc(C)c2)cn1. The summed E-state index contributed by atoms with van der Waals surface area (Å²) >= 11 is 1.70. The van der Waals surface area contributed by atoms with Gasteiger partial charge < -0.3 is 5.11 Å². The Kier molecular flexibility index (Phi) is 5.05. The zero-order chi connectivity index (χ0) is 13.7. The number of hydrogen-bond acceptors (Lipinski definition) is 3. The molecule has 102 valence electrons. The fraction of sp³-hybridized carbons (Fsp3) is 0.400. The first kappa shape index (κ1) is 14.2. The molecule has 0 aliphatic rings. The summed E-state index contributed by atoms with van der Waals surface area (Å²) in [7, 11) is 0. The number of thioether (sulfide) groups is 1. The van der Waals surface area contributed by atoms with E-state index in [-0.39, 0.29) is 6.10 Å². The van der Waals surface area contributed by atoms with E-state index in [1.54, 1.807) is 11.8 Å². The van der Waals surface area contributed by atoms with Crippen molar-refractivity contribution in [3.05, 3.63) is 47.8 Å². The van der Waals surface area contributed by atoms with E-state index in [0.29, 0.717) is 12.2 Å². The van der Waals surface area contributed by atoms with Gasteiger partial charge in [0.1, 0.15) is 0 Å². The second kappa shape index (κ2) is 6.78. The third-order valence-electron chi connectivity index (χ3n) is 2.91. The number of aromatic nitrogens is 2. The second-order valence-corrected chi connectivity index (χ2v) is 5.78. The third kappa shape index (κ3) is 4.40. The normalized spacial score (nSPS) is 12.6. The van der Waals surface area contributed by atoms with Crippen LogP contribution in [0.15, 0.2) is 41.6 Å². The largest absolute Gasteiger partial charge is 0.392 e. The van der Waals surface area contributed by atoms with Crippen molar-refractivity contribution < 1.29 is 5.11 Å². The summed E-state index contributed by atoms with van der Waals surface area (Å²) in [6, 6.07) is 8.36. The second-order valence-electron chi connectivity index (χ2n) is 4.69. The lowest BCUT2D eigenvalue weighted by Gasteiger charge is -2.09. The van der Waals surface area contributed by atoms with E-state index in [0.717, 1.165) is 12.1 Å². The van der Waals surface area contributed by atoms with Crippen LogP contribution in [0.1, 0.15) is 18.1 Å². The van der Waals surface area contributed by atoms with Crippen LogP contribution in [0, 0.1) is 6.92 Å². The predicted molar refractivity (Wildman–Crippen MR) is 79.5 cm³/mol. The Morgan fingerprint density at radius 2 is 2.26 bits per heavy atom. The lowest BCUT2D eigenvalue weighted by atomic mass is 10.2. The molecule has 2 rings (SSSR count). The van der Waals surface area contributed by atoms with Crippen LogP contribution in [-0.4, -0.2) is 26.7 Å². The molecule has 0 radical (unpaired) electrons. The van der Waals surface area contributed by atoms with Gasteiger partial charge in [-0.05, 0) is 31.5 Å². The highest BCUT2D eigenvalue weighted by Gasteiger charge is 2.08. The maximum absolute atomic E-state index is 10.1. The number of aliphatic hydroxyl groups is 1. The molecule has 1 aromatic carbocycles. The van der Waals surface area contributed by atoms with Gasteiger partial charge in [-0.2, -0.15) is 5.10 Å². The Balaban J connectivity index is 1.82. The Morgan fingerprint density at radius 3 is 2.95 bits per heavy atom. The van der Waals surface area contributed by atoms with Gasteiger partial charge in [0, 0.05) is 29.8 Å². The standard InChI is InChI=1S/C15H20N2OS/c1-3-17-10-13(9-16-17)8-14(18)11-19-15-6-4-5-12(2)7-15/h4-7,9-10,14,18H,3,8,11H2,1-2H3. The number of rotatable bonds is 6. The third-order valence-corrected chi connectivity index (χ3v) is 4.05. The number of nitrogens with zero attached hydrogens (tertiary/aromatic N) is 2. The van der Waals surface area contributed by atoms with Crippen molar-refractivity contribution in [1.82, 2.24) is 9.78 Å². The van der Waals surface area contributed by atoms with Crippen molar-refractivity contribution in [3.8, 4) is 0 Å². The van der Waals surface area contributed by atoms with Crippen molar-refractivity contribution in [3.63, 3.8) is 0 Å². The van der Waals surface area contributed by atoms with E-state index in [2.05, 4.69) is 43.2 Å². The van der Waals surface area contributed by atoms with Gasteiger partial charge in [0.05, 0.1) is 12.3 Å². The molecule has 0 fully saturated rings. The van der Waals surface area contributed by atoms with E-state index < -0.39 is 0 Å². The molecule has 3 nitrogen and oxygen atoms in total. The Bertz CT molecular complexity index is 524. The summed E-state index contributed by atoms with van der Waals surface area (Å²) in [4.78, 5) is 1.21. The van der Waals surface area contributed by atoms with E-state index in [9.17, 15) is 5.11 Å². The van der Waals surface area contributed by atoms with E-state index in [1.165, 1.54) is 10.5 Å². The maximum atomic E-state index is 10.1. The van der Waals surface area contributed by atoms with Crippen LogP contribution in [0.5, 0.6) is 0 Å². The van der Waals surface area contributed by atoms with Gasteiger partial charge in [-0.25, -0.2) is 0 Å². The summed E-state index contributed by atoms with van der Waals surface area (Å²) < 4.78 is 1.88. The van der Waals surface area contributed by atoms with Crippen LogP contribution in [0.4, 0.5) is 0 Å². The highest BCUT2D eigenvalue weighted by atomic mass is 32.2. The molecule has 1 unspecified atom stereocenters. The van der Waals surface area contributed by atoms with E-state index >= 15 is 0 Å². The highest BCUT2D eigenvalue weighted by molar-refractivity contribution is 7.99. The number of hydrogen-bond donors (Lipinski definition) is 1. The van der Waals surface area contributed by atoms with Crippen molar-refractivity contribution in [2.24, 2.45) is 0 Å². The summed E-state index contributed by atoms with van der Waals surface area (Å²) in [5, 5.41) is 14.3. The average Bonchev–Trinajstić information content (AvgIpc) is 2.84. The average molecular weight is 276 g/mol. The first-order chi connectivity index (χ1) is 9.17. The highest BCUT2D eigenvalue weighted by Crippen LogP contribution is 2.20. The van der Waals surface area contributed by atoms with Crippen molar-refractivity contribution in [2.75, 3.05) is 5.75 Å². The van der Waals surface area contributed by atoms with Crippen LogP contribution < -0.4 is 0 Å². The van der Waals surface area contributed by atoms with Gasteiger partial charge in [-0.3, -0.25) is 4.68 Å². The van der Waals surface area contributed by atoms with Crippen molar-refractivity contribution in [1.29, 1.82) is 0 Å². The molecule has 1 aromatic heterocycles. The number of aliphatic hydroxyl groups excluding tert-OH is 1. The number of aryl methyl sites for hydroxylation is 2. The van der Waals surface area contributed by atoms with E-state index in [1.807, 2.05) is 17.1 Å². The zero-order valence-electron chi connectivity index (χ0n) is 11.4. The molecule has 1 N–H and O–H groups in total. The molecule has 4 heteroatoms. The summed E-state index contributed by atoms with van der Waals surface area (Å²) in [6.45, 7) is 5.01. The fourth-order valence-electron chi connectivity index (χ4n) is 1.91. The van der Waals surface area contributed by atoms with Gasteiger partial charge in [0.2, 0.25) is 0 Å². The summed E-state index contributed by atoms with van der Waals surface area (Å²) in [5.41, 5.74) is 2.35. The molecule has 0 saturated heterocycles. The number of benzene rings is 1. The van der Waals surface area contributed by atoms with Gasteiger partial charge in [0.15, 0.2) is 0 Å². The minimum absolute atomic E-state index is 0.333. The van der Waals surface area contributed by atoms with Crippen molar-refractivity contribution >= 4 is 11.8 Å². The quantitative estimate of drug-likeness (QED) is 0.824. The molecule has 0 bridgehead atoms. The predicted octanol–water partition coefficient (Wildman–Crippen LogP) is 2.91. The Labute approximate surface area is 118 Å². The first-order valence-electron chi connectivity index (χ1n) is 6.56. The Hall–Kier alpha value is -1.26. The van der Waals surface area contributed by atoms with Crippen LogP contribution in [0.2, 0.25) is 0 Å². The molecule has 0 saturated carbocycles. The van der Waals surface area contributed by atoms with Crippen LogP contribution in [-0.2, 0) is 13.0 Å². The topological polar surface area (TPSA) is 38.0 Å². The van der Waals surface area contributed by atoms with Crippen LogP contribution in [0.3, 0.4) is 0 Å². The molecule has 0 spiro atoms. The first-order valence-corrected chi connectivity index (χ1v) is 7.55. The molecule has 19 heavy (non-hydrogen) atoms. The zero-order valence-corrected chi connectivity index (χ0v) is 12.2. The van der Waals surface area contributed by atoms with Gasteiger partial charge in [-0.1, -0.05) is 17.7 Å². The van der Waals surface area contributed by atoms with Crippen molar-refractivity contribution in [2.45, 2.75) is 37.8 Å². The minimum Gasteiger partial charge on any atom is -0.392 e. The molecular weight excluding hydrogens is 256 g/mol. The molecule has 0 aliphatic carbocycles. The maximum Gasteiger partial charge on any atom is 0.0675 e. The fourth-order valence-corrected chi connectivity index (χ4v) is 2.86. The molecule has 2 aromatic rings. The molecular formula is C15H20N2OS. The Morgan fingerprint density at radius 1 is 1.42 bits per heavy atom. The lowest BCUT2D eigenvalue weighted by Crippen LogP contribution is -2.13. The molecule has 0 amide bonds. The molecule has 1 heterocycles. The lowest BCUT2D eigenvalue weighted by molar-refractivity contribution is 0.200. The van der Waals surface area contributed by atoms with E-state index in [4.69, 9.17) is 0 Å². The molecule has 0 aliphatic heterocycles. The van der Waals surface area contributed by atoms with Gasteiger partial charge in [-0.15, -0.1) is 11.8 Å².